The van der Waals surface area contributed by atoms with E-state index in [0.717, 1.165) is 19.3 Å². The fraction of sp³-hybridized carbons (Fsp3) is 0.875. The summed E-state index contributed by atoms with van der Waals surface area (Å²) in [6, 6.07) is 0. The molecule has 0 heterocycles. The number of ether oxygens (including phenoxy) is 1. The first-order valence-corrected chi connectivity index (χ1v) is 9.42. The number of unbranched alkanes of at least 4 members (excludes halogenated alkanes) is 8. The molecule has 0 rings (SSSR count). The standard InChI is InChI=1S/C16H30O4S/c1-3-4-5-6-7-8-9-10-11-12-15(17)20-14(13-21-2)16(18)19/h14H,3-13H2,1-2H3,(H,18,19). The van der Waals surface area contributed by atoms with Gasteiger partial charge in [0.2, 0.25) is 6.10 Å². The third-order valence-corrected chi connectivity index (χ3v) is 3.99. The SMILES string of the molecule is CCCCCCCCCCCC(=O)OC(CSC)C(=O)O. The summed E-state index contributed by atoms with van der Waals surface area (Å²) in [5.41, 5.74) is 0. The number of carboxylic acid groups (broad SMARTS) is 1. The van der Waals surface area contributed by atoms with E-state index in [-0.39, 0.29) is 5.97 Å². The van der Waals surface area contributed by atoms with Crippen LogP contribution in [0, 0.1) is 0 Å². The van der Waals surface area contributed by atoms with Gasteiger partial charge in [-0.15, -0.1) is 0 Å². The fourth-order valence-corrected chi connectivity index (χ4v) is 2.62. The molecule has 0 saturated heterocycles. The van der Waals surface area contributed by atoms with E-state index in [2.05, 4.69) is 6.92 Å². The van der Waals surface area contributed by atoms with Gasteiger partial charge in [-0.25, -0.2) is 4.79 Å². The third kappa shape index (κ3) is 12.7. The van der Waals surface area contributed by atoms with E-state index in [0.29, 0.717) is 12.2 Å². The molecule has 0 fully saturated rings. The van der Waals surface area contributed by atoms with Gasteiger partial charge in [-0.3, -0.25) is 4.79 Å². The zero-order valence-corrected chi connectivity index (χ0v) is 14.3. The number of aliphatic carboxylic acids is 1. The molecule has 0 aliphatic heterocycles. The number of carbonyl (C=O) groups excluding carboxylic acids is 1. The number of carboxylic acids is 1. The van der Waals surface area contributed by atoms with Crippen molar-refractivity contribution in [2.24, 2.45) is 0 Å². The van der Waals surface area contributed by atoms with Crippen LogP contribution in [-0.4, -0.2) is 35.2 Å². The smallest absolute Gasteiger partial charge is 0.345 e. The average molecular weight is 318 g/mol. The first kappa shape index (κ1) is 20.3. The average Bonchev–Trinajstić information content (AvgIpc) is 2.45. The molecule has 0 bridgehead atoms. The number of thioether (sulfide) groups is 1. The molecular formula is C16H30O4S. The Labute approximate surface area is 133 Å². The number of hydrogen-bond acceptors (Lipinski definition) is 4. The zero-order valence-electron chi connectivity index (χ0n) is 13.4. The van der Waals surface area contributed by atoms with Crippen LogP contribution in [0.2, 0.25) is 0 Å². The molecule has 124 valence electrons. The van der Waals surface area contributed by atoms with E-state index >= 15 is 0 Å². The van der Waals surface area contributed by atoms with E-state index in [1.165, 1.54) is 50.3 Å². The van der Waals surface area contributed by atoms with Crippen molar-refractivity contribution in [1.82, 2.24) is 0 Å². The second-order valence-electron chi connectivity index (χ2n) is 5.35. The molecule has 4 nitrogen and oxygen atoms in total. The van der Waals surface area contributed by atoms with E-state index in [9.17, 15) is 9.59 Å². The summed E-state index contributed by atoms with van der Waals surface area (Å²) in [5, 5.41) is 8.89. The molecule has 5 heteroatoms. The minimum absolute atomic E-state index is 0.304. The van der Waals surface area contributed by atoms with Gasteiger partial charge in [0.15, 0.2) is 0 Å². The van der Waals surface area contributed by atoms with Crippen LogP contribution in [0.25, 0.3) is 0 Å². The Hall–Kier alpha value is -0.710. The topological polar surface area (TPSA) is 63.6 Å². The van der Waals surface area contributed by atoms with Crippen LogP contribution in [0.3, 0.4) is 0 Å². The number of esters is 1. The van der Waals surface area contributed by atoms with Crippen LogP contribution in [-0.2, 0) is 14.3 Å². The van der Waals surface area contributed by atoms with Gasteiger partial charge in [0.1, 0.15) is 0 Å². The van der Waals surface area contributed by atoms with Crippen LogP contribution >= 0.6 is 11.8 Å². The Morgan fingerprint density at radius 1 is 1.00 bits per heavy atom. The molecule has 1 unspecified atom stereocenters. The highest BCUT2D eigenvalue weighted by Crippen LogP contribution is 2.11. The lowest BCUT2D eigenvalue weighted by molar-refractivity contribution is -0.162. The zero-order chi connectivity index (χ0) is 15.9. The van der Waals surface area contributed by atoms with Crippen molar-refractivity contribution in [2.75, 3.05) is 12.0 Å². The second kappa shape index (κ2) is 14.2. The predicted octanol–water partition coefficient (Wildman–Crippen LogP) is 4.27. The summed E-state index contributed by atoms with van der Waals surface area (Å²) in [6.45, 7) is 2.22. The number of hydrogen-bond donors (Lipinski definition) is 1. The highest BCUT2D eigenvalue weighted by Gasteiger charge is 2.21. The minimum Gasteiger partial charge on any atom is -0.478 e. The molecular weight excluding hydrogens is 288 g/mol. The summed E-state index contributed by atoms with van der Waals surface area (Å²) in [7, 11) is 0. The summed E-state index contributed by atoms with van der Waals surface area (Å²) in [5.74, 6) is -1.15. The molecule has 0 aromatic rings. The fourth-order valence-electron chi connectivity index (χ4n) is 2.10. The molecule has 1 N–H and O–H groups in total. The molecule has 0 aromatic heterocycles. The van der Waals surface area contributed by atoms with Crippen LogP contribution in [0.15, 0.2) is 0 Å². The minimum atomic E-state index is -1.07. The first-order valence-electron chi connectivity index (χ1n) is 8.03. The van der Waals surface area contributed by atoms with Crippen molar-refractivity contribution in [3.8, 4) is 0 Å². The molecule has 1 atom stereocenters. The van der Waals surface area contributed by atoms with E-state index < -0.39 is 12.1 Å². The number of carbonyl (C=O) groups is 2. The van der Waals surface area contributed by atoms with Crippen LogP contribution in [0.1, 0.15) is 71.1 Å². The van der Waals surface area contributed by atoms with Crippen LogP contribution in [0.4, 0.5) is 0 Å². The molecule has 0 aliphatic carbocycles. The first-order chi connectivity index (χ1) is 10.1. The van der Waals surface area contributed by atoms with Crippen molar-refractivity contribution in [3.05, 3.63) is 0 Å². The van der Waals surface area contributed by atoms with Gasteiger partial charge in [-0.2, -0.15) is 11.8 Å². The van der Waals surface area contributed by atoms with Gasteiger partial charge < -0.3 is 9.84 Å². The molecule has 0 saturated carbocycles. The van der Waals surface area contributed by atoms with Gasteiger partial charge in [-0.05, 0) is 12.7 Å². The Balaban J connectivity index is 3.50. The molecule has 0 amide bonds. The van der Waals surface area contributed by atoms with Crippen LogP contribution in [0.5, 0.6) is 0 Å². The number of rotatable bonds is 14. The molecule has 0 aliphatic rings. The van der Waals surface area contributed by atoms with Gasteiger partial charge in [-0.1, -0.05) is 58.3 Å². The monoisotopic (exact) mass is 318 g/mol. The lowest BCUT2D eigenvalue weighted by Gasteiger charge is -2.12. The quantitative estimate of drug-likeness (QED) is 0.383. The van der Waals surface area contributed by atoms with Crippen molar-refractivity contribution in [3.63, 3.8) is 0 Å². The largest absolute Gasteiger partial charge is 0.478 e. The Morgan fingerprint density at radius 3 is 2.00 bits per heavy atom. The maximum absolute atomic E-state index is 11.5. The second-order valence-corrected chi connectivity index (χ2v) is 6.26. The maximum atomic E-state index is 11.5. The summed E-state index contributed by atoms with van der Waals surface area (Å²) in [6.07, 6.45) is 11.8. The maximum Gasteiger partial charge on any atom is 0.345 e. The van der Waals surface area contributed by atoms with Crippen molar-refractivity contribution in [1.29, 1.82) is 0 Å². The highest BCUT2D eigenvalue weighted by atomic mass is 32.2. The van der Waals surface area contributed by atoms with E-state index in [1.54, 1.807) is 6.26 Å². The van der Waals surface area contributed by atoms with Gasteiger partial charge >= 0.3 is 11.9 Å². The molecule has 21 heavy (non-hydrogen) atoms. The molecule has 0 aromatic carbocycles. The van der Waals surface area contributed by atoms with Gasteiger partial charge in [0, 0.05) is 12.2 Å². The predicted molar refractivity (Wildman–Crippen MR) is 87.7 cm³/mol. The van der Waals surface area contributed by atoms with E-state index in [4.69, 9.17) is 9.84 Å². The third-order valence-electron chi connectivity index (χ3n) is 3.35. The lowest BCUT2D eigenvalue weighted by Crippen LogP contribution is -2.29. The summed E-state index contributed by atoms with van der Waals surface area (Å²) >= 11 is 1.36. The summed E-state index contributed by atoms with van der Waals surface area (Å²) < 4.78 is 4.97. The van der Waals surface area contributed by atoms with Gasteiger partial charge in [0.05, 0.1) is 0 Å². The Kier molecular flexibility index (Phi) is 13.8. The molecule has 0 radical (unpaired) electrons. The highest BCUT2D eigenvalue weighted by molar-refractivity contribution is 7.98. The van der Waals surface area contributed by atoms with Crippen molar-refractivity contribution < 1.29 is 19.4 Å². The Morgan fingerprint density at radius 2 is 1.52 bits per heavy atom. The van der Waals surface area contributed by atoms with Crippen molar-refractivity contribution in [2.45, 2.75) is 77.2 Å². The molecule has 0 spiro atoms. The van der Waals surface area contributed by atoms with Crippen molar-refractivity contribution >= 4 is 23.7 Å². The van der Waals surface area contributed by atoms with Gasteiger partial charge in [0.25, 0.3) is 0 Å². The Bertz CT molecular complexity index is 281. The lowest BCUT2D eigenvalue weighted by atomic mass is 10.1. The summed E-state index contributed by atoms with van der Waals surface area (Å²) in [4.78, 5) is 22.4. The normalized spacial score (nSPS) is 12.1. The van der Waals surface area contributed by atoms with E-state index in [1.807, 2.05) is 0 Å². The van der Waals surface area contributed by atoms with Crippen LogP contribution < -0.4 is 0 Å².